The van der Waals surface area contributed by atoms with Crippen LogP contribution in [0.25, 0.3) is 10.2 Å². The first-order valence-electron chi connectivity index (χ1n) is 8.23. The molecular weight excluding hydrogens is 468 g/mol. The Morgan fingerprint density at radius 2 is 1.93 bits per heavy atom. The van der Waals surface area contributed by atoms with Gasteiger partial charge in [0.05, 0.1) is 28.8 Å². The molecule has 0 N–H and O–H groups in total. The molecular formula is C18H17BrN2O5S2. The highest BCUT2D eigenvalue weighted by Crippen LogP contribution is 2.23. The number of esters is 1. The molecule has 0 amide bonds. The minimum absolute atomic E-state index is 0.0367. The van der Waals surface area contributed by atoms with Crippen molar-refractivity contribution in [2.75, 3.05) is 13.7 Å². The predicted molar refractivity (Wildman–Crippen MR) is 110 cm³/mol. The van der Waals surface area contributed by atoms with E-state index in [4.69, 9.17) is 9.47 Å². The number of carbonyl (C=O) groups excluding carboxylic acids is 1. The topological polar surface area (TPSA) is 87.0 Å². The van der Waals surface area contributed by atoms with Crippen LogP contribution in [0.1, 0.15) is 6.92 Å². The summed E-state index contributed by atoms with van der Waals surface area (Å²) in [5.41, 5.74) is 0.699. The molecule has 10 heteroatoms. The first-order valence-corrected chi connectivity index (χ1v) is 11.3. The molecule has 0 fully saturated rings. The van der Waals surface area contributed by atoms with E-state index in [9.17, 15) is 13.2 Å². The Labute approximate surface area is 174 Å². The van der Waals surface area contributed by atoms with E-state index < -0.39 is 16.0 Å². The van der Waals surface area contributed by atoms with E-state index in [0.717, 1.165) is 9.17 Å². The monoisotopic (exact) mass is 484 g/mol. The van der Waals surface area contributed by atoms with Crippen molar-refractivity contribution in [3.05, 3.63) is 51.7 Å². The number of thiazole rings is 1. The number of hydrogen-bond donors (Lipinski definition) is 0. The fraction of sp³-hybridized carbons (Fsp3) is 0.222. The zero-order valence-corrected chi connectivity index (χ0v) is 18.3. The highest BCUT2D eigenvalue weighted by atomic mass is 79.9. The summed E-state index contributed by atoms with van der Waals surface area (Å²) < 4.78 is 42.8. The van der Waals surface area contributed by atoms with E-state index in [1.165, 1.54) is 30.6 Å². The molecule has 0 spiro atoms. The summed E-state index contributed by atoms with van der Waals surface area (Å²) in [4.78, 5) is 12.3. The number of aromatic nitrogens is 1. The van der Waals surface area contributed by atoms with Gasteiger partial charge in [0.2, 0.25) is 4.80 Å². The molecule has 7 nitrogen and oxygen atoms in total. The van der Waals surface area contributed by atoms with Crippen molar-refractivity contribution in [2.45, 2.75) is 18.4 Å². The number of fused-ring (bicyclic) bond motifs is 1. The highest BCUT2D eigenvalue weighted by Gasteiger charge is 2.17. The van der Waals surface area contributed by atoms with E-state index in [1.54, 1.807) is 29.7 Å². The molecule has 0 aliphatic rings. The van der Waals surface area contributed by atoms with Crippen molar-refractivity contribution < 1.29 is 22.7 Å². The second-order valence-corrected chi connectivity index (χ2v) is 9.16. The Morgan fingerprint density at radius 3 is 2.57 bits per heavy atom. The fourth-order valence-electron chi connectivity index (χ4n) is 2.51. The number of benzene rings is 2. The molecule has 0 unspecified atom stereocenters. The molecule has 0 aliphatic heterocycles. The van der Waals surface area contributed by atoms with E-state index in [-0.39, 0.29) is 22.8 Å². The smallest absolute Gasteiger partial charge is 0.326 e. The molecule has 0 radical (unpaired) electrons. The van der Waals surface area contributed by atoms with Crippen LogP contribution in [0.4, 0.5) is 0 Å². The lowest BCUT2D eigenvalue weighted by molar-refractivity contribution is -0.143. The van der Waals surface area contributed by atoms with Crippen LogP contribution in [-0.4, -0.2) is 32.7 Å². The van der Waals surface area contributed by atoms with E-state index in [2.05, 4.69) is 20.3 Å². The van der Waals surface area contributed by atoms with Crippen molar-refractivity contribution in [3.63, 3.8) is 0 Å². The van der Waals surface area contributed by atoms with Gasteiger partial charge in [0.25, 0.3) is 10.0 Å². The molecule has 2 aromatic carbocycles. The summed E-state index contributed by atoms with van der Waals surface area (Å²) in [5.74, 6) is 0.0800. The molecule has 0 saturated carbocycles. The van der Waals surface area contributed by atoms with Crippen LogP contribution >= 0.6 is 27.3 Å². The van der Waals surface area contributed by atoms with Crippen molar-refractivity contribution in [1.82, 2.24) is 4.57 Å². The van der Waals surface area contributed by atoms with Crippen LogP contribution < -0.4 is 9.54 Å². The molecule has 28 heavy (non-hydrogen) atoms. The number of hydrogen-bond acceptors (Lipinski definition) is 6. The second-order valence-electron chi connectivity index (χ2n) is 5.63. The largest absolute Gasteiger partial charge is 0.497 e. The molecule has 0 bridgehead atoms. The van der Waals surface area contributed by atoms with Gasteiger partial charge in [-0.05, 0) is 49.4 Å². The standard InChI is InChI=1S/C18H17BrN2O5S2/c1-3-26-17(22)11-21-15-9-4-12(19)10-16(15)27-18(21)20-28(23,24)14-7-5-13(25-2)6-8-14/h4-10H,3,11H2,1-2H3/b20-18-. The van der Waals surface area contributed by atoms with Crippen molar-refractivity contribution in [3.8, 4) is 5.75 Å². The minimum atomic E-state index is -3.97. The number of sulfonamides is 1. The van der Waals surface area contributed by atoms with Crippen molar-refractivity contribution in [2.24, 2.45) is 4.40 Å². The number of ether oxygens (including phenoxy) is 2. The second kappa shape index (κ2) is 8.46. The van der Waals surface area contributed by atoms with Crippen molar-refractivity contribution in [1.29, 1.82) is 0 Å². The maximum absolute atomic E-state index is 12.8. The molecule has 1 heterocycles. The van der Waals surface area contributed by atoms with Gasteiger partial charge in [-0.3, -0.25) is 4.79 Å². The first kappa shape index (κ1) is 20.6. The van der Waals surface area contributed by atoms with Gasteiger partial charge in [-0.1, -0.05) is 27.3 Å². The van der Waals surface area contributed by atoms with Gasteiger partial charge < -0.3 is 14.0 Å². The minimum Gasteiger partial charge on any atom is -0.497 e. The fourth-order valence-corrected chi connectivity index (χ4v) is 5.29. The molecule has 0 saturated heterocycles. The predicted octanol–water partition coefficient (Wildman–Crippen LogP) is 3.33. The number of carbonyl (C=O) groups is 1. The summed E-state index contributed by atoms with van der Waals surface area (Å²) in [5, 5.41) is 0. The highest BCUT2D eigenvalue weighted by molar-refractivity contribution is 9.10. The SMILES string of the molecule is CCOC(=O)Cn1/c(=N/S(=O)(=O)c2ccc(OC)cc2)sc2cc(Br)ccc21. The normalized spacial score (nSPS) is 12.3. The molecule has 3 aromatic rings. The Morgan fingerprint density at radius 1 is 1.21 bits per heavy atom. The van der Waals surface area contributed by atoms with Crippen molar-refractivity contribution >= 4 is 53.5 Å². The molecule has 1 aromatic heterocycles. The van der Waals surface area contributed by atoms with Gasteiger partial charge >= 0.3 is 5.97 Å². The van der Waals surface area contributed by atoms with Gasteiger partial charge in [0.1, 0.15) is 12.3 Å². The first-order chi connectivity index (χ1) is 13.3. The Bertz CT molecular complexity index is 1180. The van der Waals surface area contributed by atoms with E-state index in [0.29, 0.717) is 11.3 Å². The summed E-state index contributed by atoms with van der Waals surface area (Å²) in [6, 6.07) is 11.4. The molecule has 0 aliphatic carbocycles. The van der Waals surface area contributed by atoms with Gasteiger partial charge in [-0.25, -0.2) is 0 Å². The number of rotatable bonds is 6. The number of nitrogens with zero attached hydrogens (tertiary/aromatic N) is 2. The van der Waals surface area contributed by atoms with Crippen LogP contribution in [0.15, 0.2) is 56.2 Å². The van der Waals surface area contributed by atoms with Crippen LogP contribution in [0, 0.1) is 0 Å². The van der Waals surface area contributed by atoms with Crippen LogP contribution in [0.5, 0.6) is 5.75 Å². The third kappa shape index (κ3) is 4.45. The van der Waals surface area contributed by atoms with Gasteiger partial charge in [-0.15, -0.1) is 4.40 Å². The van der Waals surface area contributed by atoms with E-state index in [1.807, 2.05) is 12.1 Å². The average Bonchev–Trinajstić information content (AvgIpc) is 2.97. The maximum atomic E-state index is 12.8. The summed E-state index contributed by atoms with van der Waals surface area (Å²) in [6.45, 7) is 1.82. The molecule has 3 rings (SSSR count). The van der Waals surface area contributed by atoms with Gasteiger partial charge in [0, 0.05) is 4.47 Å². The lowest BCUT2D eigenvalue weighted by atomic mass is 10.3. The zero-order chi connectivity index (χ0) is 20.3. The summed E-state index contributed by atoms with van der Waals surface area (Å²) in [6.07, 6.45) is 0. The Hall–Kier alpha value is -2.17. The number of methoxy groups -OCH3 is 1. The summed E-state index contributed by atoms with van der Waals surface area (Å²) >= 11 is 4.58. The third-order valence-electron chi connectivity index (χ3n) is 3.79. The lowest BCUT2D eigenvalue weighted by Gasteiger charge is -2.05. The van der Waals surface area contributed by atoms with Crippen LogP contribution in [0.2, 0.25) is 0 Å². The summed E-state index contributed by atoms with van der Waals surface area (Å²) in [7, 11) is -2.47. The Kier molecular flexibility index (Phi) is 6.21. The van der Waals surface area contributed by atoms with Gasteiger partial charge in [-0.2, -0.15) is 8.42 Å². The average molecular weight is 485 g/mol. The van der Waals surface area contributed by atoms with Crippen LogP contribution in [-0.2, 0) is 26.1 Å². The van der Waals surface area contributed by atoms with Gasteiger partial charge in [0.15, 0.2) is 0 Å². The zero-order valence-electron chi connectivity index (χ0n) is 15.1. The van der Waals surface area contributed by atoms with E-state index >= 15 is 0 Å². The maximum Gasteiger partial charge on any atom is 0.326 e. The molecule has 0 atom stereocenters. The number of halogens is 1. The van der Waals surface area contributed by atoms with Crippen LogP contribution in [0.3, 0.4) is 0 Å². The third-order valence-corrected chi connectivity index (χ3v) is 6.72. The molecule has 148 valence electrons. The Balaban J connectivity index is 2.15. The lowest BCUT2D eigenvalue weighted by Crippen LogP contribution is -2.23. The quantitative estimate of drug-likeness (QED) is 0.500.